The highest BCUT2D eigenvalue weighted by molar-refractivity contribution is 6.30. The number of aliphatic carboxylic acids is 1. The number of benzene rings is 1. The molecule has 1 aromatic carbocycles. The van der Waals surface area contributed by atoms with Crippen LogP contribution < -0.4 is 0 Å². The first-order valence-corrected chi connectivity index (χ1v) is 6.15. The lowest BCUT2D eigenvalue weighted by Gasteiger charge is -2.20. The van der Waals surface area contributed by atoms with Crippen LogP contribution in [0.5, 0.6) is 0 Å². The van der Waals surface area contributed by atoms with Crippen LogP contribution in [0.15, 0.2) is 18.2 Å². The predicted octanol–water partition coefficient (Wildman–Crippen LogP) is 3.84. The summed E-state index contributed by atoms with van der Waals surface area (Å²) in [6, 6.07) is 4.12. The zero-order valence-corrected chi connectivity index (χ0v) is 10.1. The van der Waals surface area contributed by atoms with Gasteiger partial charge in [-0.05, 0) is 37.0 Å². The van der Waals surface area contributed by atoms with Gasteiger partial charge in [-0.25, -0.2) is 4.39 Å². The van der Waals surface area contributed by atoms with Gasteiger partial charge in [0, 0.05) is 10.6 Å². The van der Waals surface area contributed by atoms with E-state index in [0.29, 0.717) is 5.02 Å². The molecule has 0 heterocycles. The fourth-order valence-corrected chi connectivity index (χ4v) is 2.81. The Labute approximate surface area is 104 Å². The zero-order chi connectivity index (χ0) is 12.4. The Morgan fingerprint density at radius 2 is 2.06 bits per heavy atom. The molecule has 0 radical (unpaired) electrons. The van der Waals surface area contributed by atoms with Gasteiger partial charge in [-0.15, -0.1) is 0 Å². The second-order valence-corrected chi connectivity index (χ2v) is 4.96. The molecule has 0 saturated heterocycles. The van der Waals surface area contributed by atoms with Gasteiger partial charge in [0.05, 0.1) is 5.92 Å². The van der Waals surface area contributed by atoms with Gasteiger partial charge in [-0.1, -0.05) is 24.4 Å². The Bertz CT molecular complexity index is 427. The molecule has 0 aliphatic heterocycles. The summed E-state index contributed by atoms with van der Waals surface area (Å²) in [6.45, 7) is 0. The molecule has 1 N–H and O–H groups in total. The molecule has 0 bridgehead atoms. The quantitative estimate of drug-likeness (QED) is 0.892. The normalized spacial score (nSPS) is 18.2. The van der Waals surface area contributed by atoms with Crippen molar-refractivity contribution in [2.24, 2.45) is 5.92 Å². The van der Waals surface area contributed by atoms with Crippen LogP contribution in [0.3, 0.4) is 0 Å². The number of carbonyl (C=O) groups is 1. The first kappa shape index (κ1) is 12.4. The summed E-state index contributed by atoms with van der Waals surface area (Å²) in [5, 5.41) is 9.67. The molecule has 4 heteroatoms. The van der Waals surface area contributed by atoms with E-state index in [4.69, 9.17) is 11.6 Å². The van der Waals surface area contributed by atoms with Gasteiger partial charge in [-0.2, -0.15) is 0 Å². The zero-order valence-electron chi connectivity index (χ0n) is 9.33. The van der Waals surface area contributed by atoms with Crippen molar-refractivity contribution in [2.45, 2.75) is 31.6 Å². The molecule has 17 heavy (non-hydrogen) atoms. The van der Waals surface area contributed by atoms with Crippen LogP contribution in [0.1, 0.15) is 37.2 Å². The Morgan fingerprint density at radius 3 is 2.65 bits per heavy atom. The van der Waals surface area contributed by atoms with Crippen molar-refractivity contribution in [3.8, 4) is 0 Å². The number of carboxylic acids is 1. The molecule has 0 amide bonds. The topological polar surface area (TPSA) is 37.3 Å². The van der Waals surface area contributed by atoms with Crippen molar-refractivity contribution < 1.29 is 14.3 Å². The summed E-state index contributed by atoms with van der Waals surface area (Å²) in [4.78, 5) is 11.3. The number of halogens is 2. The van der Waals surface area contributed by atoms with Gasteiger partial charge in [0.1, 0.15) is 5.82 Å². The third-order valence-electron chi connectivity index (χ3n) is 3.43. The number of hydrogen-bond acceptors (Lipinski definition) is 1. The van der Waals surface area contributed by atoms with Crippen LogP contribution in [0.4, 0.5) is 4.39 Å². The second-order valence-electron chi connectivity index (χ2n) is 4.53. The Balaban J connectivity index is 2.37. The van der Waals surface area contributed by atoms with E-state index >= 15 is 0 Å². The Kier molecular flexibility index (Phi) is 3.67. The van der Waals surface area contributed by atoms with Crippen LogP contribution in [0, 0.1) is 11.7 Å². The van der Waals surface area contributed by atoms with E-state index in [1.165, 1.54) is 18.2 Å². The molecule has 0 aromatic heterocycles. The average Bonchev–Trinajstić information content (AvgIpc) is 2.76. The second kappa shape index (κ2) is 5.05. The summed E-state index contributed by atoms with van der Waals surface area (Å²) >= 11 is 5.81. The fraction of sp³-hybridized carbons (Fsp3) is 0.462. The fourth-order valence-electron chi connectivity index (χ4n) is 2.63. The highest BCUT2D eigenvalue weighted by Gasteiger charge is 2.33. The minimum atomic E-state index is -0.960. The van der Waals surface area contributed by atoms with Crippen LogP contribution in [-0.2, 0) is 4.79 Å². The van der Waals surface area contributed by atoms with Crippen molar-refractivity contribution in [3.63, 3.8) is 0 Å². The van der Waals surface area contributed by atoms with Crippen molar-refractivity contribution in [2.75, 3.05) is 0 Å². The number of hydrogen-bond donors (Lipinski definition) is 1. The molecule has 1 fully saturated rings. The molecule has 0 spiro atoms. The van der Waals surface area contributed by atoms with Crippen LogP contribution in [0.25, 0.3) is 0 Å². The van der Waals surface area contributed by atoms with E-state index in [-0.39, 0.29) is 11.5 Å². The summed E-state index contributed by atoms with van der Waals surface area (Å²) in [5.74, 6) is -2.18. The highest BCUT2D eigenvalue weighted by Crippen LogP contribution is 2.39. The summed E-state index contributed by atoms with van der Waals surface area (Å²) in [7, 11) is 0. The third kappa shape index (κ3) is 2.60. The Hall–Kier alpha value is -1.09. The van der Waals surface area contributed by atoms with E-state index < -0.39 is 17.7 Å². The maximum absolute atomic E-state index is 13.7. The molecule has 1 aromatic rings. The van der Waals surface area contributed by atoms with Crippen molar-refractivity contribution in [3.05, 3.63) is 34.6 Å². The van der Waals surface area contributed by atoms with Gasteiger partial charge in [-0.3, -0.25) is 4.79 Å². The molecule has 2 rings (SSSR count). The summed E-state index contributed by atoms with van der Waals surface area (Å²) < 4.78 is 13.7. The third-order valence-corrected chi connectivity index (χ3v) is 3.67. The van der Waals surface area contributed by atoms with Crippen molar-refractivity contribution in [1.29, 1.82) is 0 Å². The molecular formula is C13H14ClFO2. The molecule has 92 valence electrons. The minimum Gasteiger partial charge on any atom is -0.481 e. The standard InChI is InChI=1S/C13H14ClFO2/c14-9-5-6-11(15)10(7-9)12(13(16)17)8-3-1-2-4-8/h5-8,12H,1-4H2,(H,16,17). The SMILES string of the molecule is O=C(O)C(c1cc(Cl)ccc1F)C1CCCC1. The summed E-state index contributed by atoms with van der Waals surface area (Å²) in [6.07, 6.45) is 3.75. The first-order chi connectivity index (χ1) is 8.09. The molecule has 2 nitrogen and oxygen atoms in total. The molecular weight excluding hydrogens is 243 g/mol. The lowest BCUT2D eigenvalue weighted by Crippen LogP contribution is -2.20. The van der Waals surface area contributed by atoms with Crippen LogP contribution >= 0.6 is 11.6 Å². The average molecular weight is 257 g/mol. The monoisotopic (exact) mass is 256 g/mol. The van der Waals surface area contributed by atoms with E-state index in [0.717, 1.165) is 25.7 Å². The lowest BCUT2D eigenvalue weighted by atomic mass is 9.84. The largest absolute Gasteiger partial charge is 0.481 e. The maximum atomic E-state index is 13.7. The van der Waals surface area contributed by atoms with Gasteiger partial charge in [0.2, 0.25) is 0 Å². The van der Waals surface area contributed by atoms with E-state index in [1.54, 1.807) is 0 Å². The van der Waals surface area contributed by atoms with Crippen LogP contribution in [-0.4, -0.2) is 11.1 Å². The van der Waals surface area contributed by atoms with Crippen molar-refractivity contribution in [1.82, 2.24) is 0 Å². The minimum absolute atomic E-state index is 0.0282. The molecule has 1 unspecified atom stereocenters. The molecule has 1 saturated carbocycles. The molecule has 1 atom stereocenters. The first-order valence-electron chi connectivity index (χ1n) is 5.77. The Morgan fingerprint density at radius 1 is 1.41 bits per heavy atom. The molecule has 1 aliphatic carbocycles. The van der Waals surface area contributed by atoms with E-state index in [2.05, 4.69) is 0 Å². The van der Waals surface area contributed by atoms with Gasteiger partial charge in [0.25, 0.3) is 0 Å². The lowest BCUT2D eigenvalue weighted by molar-refractivity contribution is -0.140. The maximum Gasteiger partial charge on any atom is 0.311 e. The van der Waals surface area contributed by atoms with Gasteiger partial charge < -0.3 is 5.11 Å². The predicted molar refractivity (Wildman–Crippen MR) is 63.7 cm³/mol. The molecule has 1 aliphatic rings. The van der Waals surface area contributed by atoms with E-state index in [9.17, 15) is 14.3 Å². The number of rotatable bonds is 3. The smallest absolute Gasteiger partial charge is 0.311 e. The summed E-state index contributed by atoms with van der Waals surface area (Å²) in [5.41, 5.74) is 0.219. The van der Waals surface area contributed by atoms with Gasteiger partial charge >= 0.3 is 5.97 Å². The highest BCUT2D eigenvalue weighted by atomic mass is 35.5. The van der Waals surface area contributed by atoms with E-state index in [1.807, 2.05) is 0 Å². The van der Waals surface area contributed by atoms with Crippen LogP contribution in [0.2, 0.25) is 5.02 Å². The number of carboxylic acid groups (broad SMARTS) is 1. The van der Waals surface area contributed by atoms with Crippen molar-refractivity contribution >= 4 is 17.6 Å². The van der Waals surface area contributed by atoms with Gasteiger partial charge in [0.15, 0.2) is 0 Å².